The zero-order valence-corrected chi connectivity index (χ0v) is 16.7. The summed E-state index contributed by atoms with van der Waals surface area (Å²) < 4.78 is 0. The first kappa shape index (κ1) is 19.9. The summed E-state index contributed by atoms with van der Waals surface area (Å²) in [5, 5.41) is 12.6. The molecule has 0 unspecified atom stereocenters. The average molecular weight is 399 g/mol. The molecule has 4 nitrogen and oxygen atoms in total. The van der Waals surface area contributed by atoms with E-state index in [2.05, 4.69) is 5.32 Å². The van der Waals surface area contributed by atoms with Crippen molar-refractivity contribution in [2.24, 2.45) is 5.92 Å². The van der Waals surface area contributed by atoms with E-state index in [1.165, 1.54) is 0 Å². The first-order valence-corrected chi connectivity index (χ1v) is 10.3. The molecule has 0 bridgehead atoms. The van der Waals surface area contributed by atoms with Gasteiger partial charge >= 0.3 is 5.97 Å². The van der Waals surface area contributed by atoms with Gasteiger partial charge in [-0.15, -0.1) is 0 Å². The van der Waals surface area contributed by atoms with Crippen molar-refractivity contribution < 1.29 is 14.7 Å². The van der Waals surface area contributed by atoms with Crippen molar-refractivity contribution in [2.45, 2.75) is 30.7 Å². The highest BCUT2D eigenvalue weighted by atomic mass is 16.4. The molecule has 4 heteroatoms. The molecule has 30 heavy (non-hydrogen) atoms. The van der Waals surface area contributed by atoms with Gasteiger partial charge in [0.25, 0.3) is 0 Å². The maximum absolute atomic E-state index is 14.0. The summed E-state index contributed by atoms with van der Waals surface area (Å²) in [7, 11) is 0. The smallest absolute Gasteiger partial charge is 0.326 e. The molecule has 4 rings (SSSR count). The van der Waals surface area contributed by atoms with Gasteiger partial charge in [-0.1, -0.05) is 104 Å². The largest absolute Gasteiger partial charge is 0.480 e. The highest BCUT2D eigenvalue weighted by Crippen LogP contribution is 2.40. The minimum Gasteiger partial charge on any atom is -0.480 e. The van der Waals surface area contributed by atoms with Gasteiger partial charge in [0.2, 0.25) is 5.91 Å². The summed E-state index contributed by atoms with van der Waals surface area (Å²) in [6, 6.07) is 27.8. The van der Waals surface area contributed by atoms with Gasteiger partial charge in [-0.3, -0.25) is 4.79 Å². The lowest BCUT2D eigenvalue weighted by molar-refractivity contribution is -0.142. The fourth-order valence-electron chi connectivity index (χ4n) is 4.13. The van der Waals surface area contributed by atoms with E-state index in [0.717, 1.165) is 29.5 Å². The topological polar surface area (TPSA) is 66.4 Å². The van der Waals surface area contributed by atoms with E-state index in [0.29, 0.717) is 12.3 Å². The molecule has 3 aromatic rings. The molecule has 2 N–H and O–H groups in total. The molecule has 152 valence electrons. The second-order valence-electron chi connectivity index (χ2n) is 7.89. The number of carboxylic acids is 1. The van der Waals surface area contributed by atoms with Crippen LogP contribution in [-0.2, 0) is 15.0 Å². The summed E-state index contributed by atoms with van der Waals surface area (Å²) in [5.74, 6) is -0.927. The Labute approximate surface area is 176 Å². The minimum atomic E-state index is -1.15. The molecular weight excluding hydrogens is 374 g/mol. The van der Waals surface area contributed by atoms with Gasteiger partial charge in [0.05, 0.1) is 0 Å². The predicted octanol–water partition coefficient (Wildman–Crippen LogP) is 4.39. The summed E-state index contributed by atoms with van der Waals surface area (Å²) in [6.45, 7) is 0. The van der Waals surface area contributed by atoms with Gasteiger partial charge in [0, 0.05) is 0 Å². The first-order valence-electron chi connectivity index (χ1n) is 10.3. The van der Waals surface area contributed by atoms with Crippen molar-refractivity contribution in [1.82, 2.24) is 5.32 Å². The van der Waals surface area contributed by atoms with Crippen LogP contribution in [0.5, 0.6) is 0 Å². The molecule has 1 aliphatic rings. The highest BCUT2D eigenvalue weighted by Gasteiger charge is 2.45. The number of rotatable bonds is 8. The Kier molecular flexibility index (Phi) is 5.66. The Balaban J connectivity index is 1.88. The second-order valence-corrected chi connectivity index (χ2v) is 7.89. The minimum absolute atomic E-state index is 0.320. The van der Waals surface area contributed by atoms with Crippen LogP contribution < -0.4 is 5.32 Å². The Bertz CT molecular complexity index is 902. The summed E-state index contributed by atoms with van der Waals surface area (Å²) in [5.41, 5.74) is 1.25. The number of benzene rings is 3. The van der Waals surface area contributed by atoms with Crippen molar-refractivity contribution >= 4 is 11.9 Å². The Morgan fingerprint density at radius 2 is 1.20 bits per heavy atom. The molecular formula is C26H25NO3. The van der Waals surface area contributed by atoms with E-state index in [4.69, 9.17) is 0 Å². The van der Waals surface area contributed by atoms with Crippen LogP contribution in [0.15, 0.2) is 91.0 Å². The van der Waals surface area contributed by atoms with E-state index in [-0.39, 0.29) is 5.91 Å². The van der Waals surface area contributed by atoms with Crippen LogP contribution in [0.2, 0.25) is 0 Å². The molecule has 1 saturated carbocycles. The van der Waals surface area contributed by atoms with Crippen LogP contribution in [0.25, 0.3) is 0 Å². The number of hydrogen-bond acceptors (Lipinski definition) is 2. The number of aliphatic carboxylic acids is 1. The molecule has 1 amide bonds. The van der Waals surface area contributed by atoms with Crippen molar-refractivity contribution in [3.05, 3.63) is 108 Å². The lowest BCUT2D eigenvalue weighted by Gasteiger charge is -2.35. The maximum atomic E-state index is 14.0. The first-order chi connectivity index (χ1) is 14.6. The van der Waals surface area contributed by atoms with E-state index in [9.17, 15) is 14.7 Å². The van der Waals surface area contributed by atoms with Gasteiger partial charge < -0.3 is 10.4 Å². The molecule has 0 aliphatic heterocycles. The number of carboxylic acid groups (broad SMARTS) is 1. The fraction of sp³-hybridized carbons (Fsp3) is 0.231. The van der Waals surface area contributed by atoms with Crippen LogP contribution >= 0.6 is 0 Å². The Morgan fingerprint density at radius 3 is 1.53 bits per heavy atom. The lowest BCUT2D eigenvalue weighted by atomic mass is 9.68. The summed E-state index contributed by atoms with van der Waals surface area (Å²) >= 11 is 0. The average Bonchev–Trinajstić information content (AvgIpc) is 3.60. The number of amides is 1. The third kappa shape index (κ3) is 3.86. The zero-order valence-electron chi connectivity index (χ0n) is 16.7. The second kappa shape index (κ2) is 8.54. The van der Waals surface area contributed by atoms with Gasteiger partial charge in [-0.05, 0) is 29.0 Å². The van der Waals surface area contributed by atoms with Crippen molar-refractivity contribution in [2.75, 3.05) is 0 Å². The standard InChI is InChI=1S/C26H25NO3/c28-24(29)23(18-19-16-17-19)27-25(30)26(20-10-4-1-5-11-20,21-12-6-2-7-13-21)22-14-8-3-9-15-22/h1-15,19,23H,16-18H2,(H,27,30)(H,28,29)/t23-/m0/s1. The third-order valence-electron chi connectivity index (χ3n) is 5.83. The highest BCUT2D eigenvalue weighted by molar-refractivity contribution is 5.98. The van der Waals surface area contributed by atoms with Gasteiger partial charge in [0.1, 0.15) is 11.5 Å². The molecule has 0 saturated heterocycles. The summed E-state index contributed by atoms with van der Waals surface area (Å²) in [6.07, 6.45) is 2.53. The normalized spacial score (nSPS) is 14.7. The van der Waals surface area contributed by atoms with Crippen LogP contribution in [-0.4, -0.2) is 23.0 Å². The zero-order chi connectivity index (χ0) is 21.0. The van der Waals surface area contributed by atoms with Gasteiger partial charge in [-0.2, -0.15) is 0 Å². The summed E-state index contributed by atoms with van der Waals surface area (Å²) in [4.78, 5) is 25.9. The quantitative estimate of drug-likeness (QED) is 0.552. The number of carbonyl (C=O) groups excluding carboxylic acids is 1. The molecule has 3 aromatic carbocycles. The fourth-order valence-corrected chi connectivity index (χ4v) is 4.13. The van der Waals surface area contributed by atoms with Crippen molar-refractivity contribution in [1.29, 1.82) is 0 Å². The predicted molar refractivity (Wildman–Crippen MR) is 116 cm³/mol. The van der Waals surface area contributed by atoms with E-state index in [1.54, 1.807) is 0 Å². The number of nitrogens with one attached hydrogen (secondary N) is 1. The third-order valence-corrected chi connectivity index (χ3v) is 5.83. The van der Waals surface area contributed by atoms with E-state index in [1.807, 2.05) is 91.0 Å². The van der Waals surface area contributed by atoms with Crippen molar-refractivity contribution in [3.63, 3.8) is 0 Å². The van der Waals surface area contributed by atoms with Crippen LogP contribution in [0, 0.1) is 5.92 Å². The monoisotopic (exact) mass is 399 g/mol. The molecule has 1 fully saturated rings. The van der Waals surface area contributed by atoms with Crippen LogP contribution in [0.3, 0.4) is 0 Å². The molecule has 1 atom stereocenters. The molecule has 1 aliphatic carbocycles. The lowest BCUT2D eigenvalue weighted by Crippen LogP contribution is -2.52. The SMILES string of the molecule is O=C(O)[C@H](CC1CC1)NC(=O)C(c1ccccc1)(c1ccccc1)c1ccccc1. The molecule has 0 spiro atoms. The Hall–Kier alpha value is -3.40. The molecule has 0 radical (unpaired) electrons. The van der Waals surface area contributed by atoms with E-state index < -0.39 is 17.4 Å². The van der Waals surface area contributed by atoms with Gasteiger partial charge in [-0.25, -0.2) is 4.79 Å². The van der Waals surface area contributed by atoms with Gasteiger partial charge in [0.15, 0.2) is 0 Å². The molecule has 0 aromatic heterocycles. The number of hydrogen-bond donors (Lipinski definition) is 2. The maximum Gasteiger partial charge on any atom is 0.326 e. The molecule has 0 heterocycles. The Morgan fingerprint density at radius 1 is 0.800 bits per heavy atom. The number of carbonyl (C=O) groups is 2. The van der Waals surface area contributed by atoms with Crippen molar-refractivity contribution in [3.8, 4) is 0 Å². The van der Waals surface area contributed by atoms with E-state index >= 15 is 0 Å². The van der Waals surface area contributed by atoms with Crippen LogP contribution in [0.1, 0.15) is 36.0 Å². The van der Waals surface area contributed by atoms with Crippen LogP contribution in [0.4, 0.5) is 0 Å².